The second kappa shape index (κ2) is 23.8. The number of ether oxygens (including phenoxy) is 5. The molecule has 4 aromatic carbocycles. The SMILES string of the molecule is O=C(OC1CN(C(=O)Cc2ccc(F)cc2)N(C(=O)c2ccnc(Oc3ccccc3)n2)C1)N1CCOCC1.O=C(OC1Cn2c(-c3ccnc(Cc4ccccc4)n3)c(-c3ccc(F)cc3)c(=O)n2C1)N1CCOCC1. The van der Waals surface area contributed by atoms with Crippen molar-refractivity contribution < 1.29 is 51.6 Å². The second-order valence-electron chi connectivity index (χ2n) is 18.2. The molecule has 4 amide bonds. The van der Waals surface area contributed by atoms with Gasteiger partial charge < -0.3 is 33.5 Å². The summed E-state index contributed by atoms with van der Waals surface area (Å²) in [5.74, 6) is -0.710. The number of nitrogens with zero attached hydrogens (tertiary/aromatic N) is 10. The molecule has 0 spiro atoms. The van der Waals surface area contributed by atoms with Crippen LogP contribution in [0.4, 0.5) is 18.4 Å². The highest BCUT2D eigenvalue weighted by atomic mass is 19.1. The first kappa shape index (κ1) is 51.6. The molecular formula is C55H52F2N10O10. The largest absolute Gasteiger partial charge is 0.442 e. The highest BCUT2D eigenvalue weighted by Gasteiger charge is 2.41. The van der Waals surface area contributed by atoms with Crippen LogP contribution in [0.5, 0.6) is 11.8 Å². The Balaban J connectivity index is 0.000000175. The molecule has 4 aliphatic rings. The Morgan fingerprint density at radius 1 is 0.597 bits per heavy atom. The van der Waals surface area contributed by atoms with Gasteiger partial charge in [0.05, 0.1) is 76.0 Å². The van der Waals surface area contributed by atoms with E-state index in [1.54, 1.807) is 58.2 Å². The number of para-hydroxylation sites is 1. The standard InChI is InChI=1S/C28H26FN5O4.C27H26FN5O6/c29-21-8-6-20(7-9-21)25-26(23-10-11-30-24(31-23)16-19-4-2-1-3-5-19)33-17-22(18-34(33)27(25)35)38-28(36)32-12-14-37-15-13-32;28-20-8-6-19(7-9-20)16-24(34)32-17-22(39-27(36)31-12-14-37-15-13-31)18-33(32)25(35)23-10-11-29-26(30-23)38-21-4-2-1-3-5-21/h1-11,22H,12-18H2;1-11,22H,12-18H2. The van der Waals surface area contributed by atoms with Crippen LogP contribution in [0.3, 0.4) is 0 Å². The van der Waals surface area contributed by atoms with Crippen LogP contribution in [0.15, 0.2) is 139 Å². The molecule has 0 N–H and O–H groups in total. The van der Waals surface area contributed by atoms with E-state index in [0.29, 0.717) is 105 Å². The van der Waals surface area contributed by atoms with Crippen LogP contribution in [0.2, 0.25) is 0 Å². The van der Waals surface area contributed by atoms with Crippen molar-refractivity contribution in [3.8, 4) is 34.3 Å². The van der Waals surface area contributed by atoms with Gasteiger partial charge in [0.25, 0.3) is 11.5 Å². The molecule has 2 atom stereocenters. The number of amides is 4. The van der Waals surface area contributed by atoms with Crippen molar-refractivity contribution in [1.29, 1.82) is 0 Å². The summed E-state index contributed by atoms with van der Waals surface area (Å²) in [6, 6.07) is 33.3. The van der Waals surface area contributed by atoms with Gasteiger partial charge in [0.1, 0.15) is 41.1 Å². The van der Waals surface area contributed by atoms with Crippen molar-refractivity contribution in [3.05, 3.63) is 178 Å². The van der Waals surface area contributed by atoms with Gasteiger partial charge in [-0.25, -0.2) is 48.0 Å². The number of morpholine rings is 2. The van der Waals surface area contributed by atoms with Crippen molar-refractivity contribution in [3.63, 3.8) is 0 Å². The molecule has 4 aliphatic heterocycles. The van der Waals surface area contributed by atoms with E-state index < -0.39 is 42.0 Å². The number of rotatable bonds is 11. The predicted octanol–water partition coefficient (Wildman–Crippen LogP) is 6.04. The molecule has 22 heteroatoms. The van der Waals surface area contributed by atoms with Gasteiger partial charge in [0.15, 0.2) is 0 Å². The van der Waals surface area contributed by atoms with Gasteiger partial charge >= 0.3 is 18.2 Å². The smallest absolute Gasteiger partial charge is 0.410 e. The number of carbonyl (C=O) groups is 4. The summed E-state index contributed by atoms with van der Waals surface area (Å²) in [7, 11) is 0. The minimum absolute atomic E-state index is 0.00401. The van der Waals surface area contributed by atoms with Crippen LogP contribution in [0.25, 0.3) is 22.5 Å². The van der Waals surface area contributed by atoms with E-state index in [1.807, 2.05) is 41.1 Å². The Morgan fingerprint density at radius 2 is 1.17 bits per heavy atom. The number of aromatic nitrogens is 6. The number of halogens is 2. The summed E-state index contributed by atoms with van der Waals surface area (Å²) in [5.41, 5.74) is 3.55. The Kier molecular flexibility index (Phi) is 15.9. The second-order valence-corrected chi connectivity index (χ2v) is 18.2. The summed E-state index contributed by atoms with van der Waals surface area (Å²) in [6.07, 6.45) is 1.29. The molecule has 396 valence electrons. The maximum absolute atomic E-state index is 13.7. The molecule has 3 aromatic heterocycles. The van der Waals surface area contributed by atoms with Crippen molar-refractivity contribution in [2.24, 2.45) is 0 Å². The number of hydrazine groups is 1. The predicted molar refractivity (Wildman–Crippen MR) is 271 cm³/mol. The fourth-order valence-corrected chi connectivity index (χ4v) is 9.18. The van der Waals surface area contributed by atoms with E-state index in [2.05, 4.69) is 15.0 Å². The molecule has 20 nitrogen and oxygen atoms in total. The minimum Gasteiger partial charge on any atom is -0.442 e. The lowest BCUT2D eigenvalue weighted by Crippen LogP contribution is -2.45. The van der Waals surface area contributed by atoms with Crippen molar-refractivity contribution in [2.75, 3.05) is 65.7 Å². The number of carbonyl (C=O) groups excluding carboxylic acids is 4. The van der Waals surface area contributed by atoms with Gasteiger partial charge in [-0.15, -0.1) is 0 Å². The maximum Gasteiger partial charge on any atom is 0.410 e. The lowest BCUT2D eigenvalue weighted by molar-refractivity contribution is -0.139. The average molecular weight is 1050 g/mol. The average Bonchev–Trinajstić information content (AvgIpc) is 4.34. The Hall–Kier alpha value is -8.89. The molecule has 0 saturated carbocycles. The summed E-state index contributed by atoms with van der Waals surface area (Å²) >= 11 is 0. The molecule has 7 aromatic rings. The Morgan fingerprint density at radius 3 is 1.82 bits per heavy atom. The van der Waals surface area contributed by atoms with Crippen molar-refractivity contribution in [2.45, 2.75) is 38.1 Å². The Bertz CT molecular complexity index is 3260. The molecular weight excluding hydrogens is 999 g/mol. The molecule has 3 fully saturated rings. The quantitative estimate of drug-likeness (QED) is 0.145. The summed E-state index contributed by atoms with van der Waals surface area (Å²) in [6.45, 7) is 3.94. The van der Waals surface area contributed by atoms with Crippen LogP contribution >= 0.6 is 0 Å². The van der Waals surface area contributed by atoms with E-state index in [0.717, 1.165) is 5.56 Å². The van der Waals surface area contributed by atoms with Crippen LogP contribution < -0.4 is 10.3 Å². The van der Waals surface area contributed by atoms with E-state index in [9.17, 15) is 32.8 Å². The van der Waals surface area contributed by atoms with Gasteiger partial charge in [-0.3, -0.25) is 19.1 Å². The summed E-state index contributed by atoms with van der Waals surface area (Å²) < 4.78 is 58.1. The van der Waals surface area contributed by atoms with Crippen LogP contribution in [0, 0.1) is 11.6 Å². The minimum atomic E-state index is -0.761. The van der Waals surface area contributed by atoms with E-state index in [1.165, 1.54) is 63.6 Å². The lowest BCUT2D eigenvalue weighted by Gasteiger charge is -2.27. The fraction of sp³-hybridized carbons (Fsp3) is 0.291. The first-order valence-corrected chi connectivity index (χ1v) is 25.0. The molecule has 77 heavy (non-hydrogen) atoms. The molecule has 3 saturated heterocycles. The third-order valence-corrected chi connectivity index (χ3v) is 13.0. The zero-order valence-corrected chi connectivity index (χ0v) is 41.6. The van der Waals surface area contributed by atoms with Gasteiger partial charge in [-0.05, 0) is 65.2 Å². The number of fused-ring (bicyclic) bond motifs is 1. The van der Waals surface area contributed by atoms with E-state index >= 15 is 0 Å². The fourth-order valence-electron chi connectivity index (χ4n) is 9.18. The Labute approximate surface area is 439 Å². The normalized spacial score (nSPS) is 17.0. The first-order chi connectivity index (χ1) is 37.5. The van der Waals surface area contributed by atoms with Crippen LogP contribution in [-0.4, -0.2) is 151 Å². The van der Waals surface area contributed by atoms with Crippen molar-refractivity contribution >= 4 is 24.0 Å². The summed E-state index contributed by atoms with van der Waals surface area (Å²) in [4.78, 5) is 86.6. The summed E-state index contributed by atoms with van der Waals surface area (Å²) in [5, 5.41) is 2.44. The van der Waals surface area contributed by atoms with Gasteiger partial charge in [-0.2, -0.15) is 4.98 Å². The number of hydrogen-bond donors (Lipinski definition) is 0. The van der Waals surface area contributed by atoms with Crippen molar-refractivity contribution in [1.82, 2.24) is 49.1 Å². The zero-order valence-electron chi connectivity index (χ0n) is 41.6. The molecule has 2 unspecified atom stereocenters. The third kappa shape index (κ3) is 12.5. The third-order valence-electron chi connectivity index (χ3n) is 13.0. The van der Waals surface area contributed by atoms with Crippen LogP contribution in [-0.2, 0) is 49.7 Å². The first-order valence-electron chi connectivity index (χ1n) is 25.0. The molecule has 0 bridgehead atoms. The highest BCUT2D eigenvalue weighted by Crippen LogP contribution is 2.33. The van der Waals surface area contributed by atoms with Gasteiger partial charge in [-0.1, -0.05) is 72.8 Å². The lowest BCUT2D eigenvalue weighted by atomic mass is 10.0. The molecule has 11 rings (SSSR count). The molecule has 0 radical (unpaired) electrons. The zero-order chi connectivity index (χ0) is 53.3. The topological polar surface area (TPSA) is 206 Å². The van der Waals surface area contributed by atoms with Gasteiger partial charge in [0, 0.05) is 45.0 Å². The maximum atomic E-state index is 13.7. The highest BCUT2D eigenvalue weighted by molar-refractivity contribution is 5.94. The van der Waals surface area contributed by atoms with E-state index in [4.69, 9.17) is 28.7 Å². The van der Waals surface area contributed by atoms with Crippen LogP contribution in [0.1, 0.15) is 27.4 Å². The monoisotopic (exact) mass is 1050 g/mol. The molecule has 0 aliphatic carbocycles. The van der Waals surface area contributed by atoms with E-state index in [-0.39, 0.29) is 49.1 Å². The number of hydrogen-bond acceptors (Lipinski definition) is 14. The number of benzene rings is 4. The molecule has 7 heterocycles. The van der Waals surface area contributed by atoms with Gasteiger partial charge in [0.2, 0.25) is 5.91 Å².